The summed E-state index contributed by atoms with van der Waals surface area (Å²) in [7, 11) is 0. The van der Waals surface area contributed by atoms with Crippen LogP contribution >= 0.6 is 0 Å². The number of ether oxygens (including phenoxy) is 1. The minimum Gasteiger partial charge on any atom is -0.377 e. The quantitative estimate of drug-likeness (QED) is 0.398. The third kappa shape index (κ3) is 1.63. The van der Waals surface area contributed by atoms with Crippen LogP contribution in [0, 0.1) is 0 Å². The van der Waals surface area contributed by atoms with E-state index in [2.05, 4.69) is 15.1 Å². The van der Waals surface area contributed by atoms with Crippen LogP contribution in [0.4, 0.5) is 0 Å². The van der Waals surface area contributed by atoms with E-state index in [0.29, 0.717) is 12.6 Å². The SMILES string of the molecule is [N-]=[N+]=NCc1ccn(C2COC2)n1. The lowest BCUT2D eigenvalue weighted by atomic mass is 10.3. The molecule has 2 rings (SSSR count). The van der Waals surface area contributed by atoms with Crippen molar-refractivity contribution in [3.8, 4) is 0 Å². The minimum absolute atomic E-state index is 0.317. The maximum absolute atomic E-state index is 8.10. The van der Waals surface area contributed by atoms with E-state index in [9.17, 15) is 0 Å². The number of azide groups is 1. The lowest BCUT2D eigenvalue weighted by Gasteiger charge is -2.25. The van der Waals surface area contributed by atoms with E-state index in [1.54, 1.807) is 0 Å². The lowest BCUT2D eigenvalue weighted by molar-refractivity contribution is -0.0287. The van der Waals surface area contributed by atoms with E-state index in [0.717, 1.165) is 18.9 Å². The van der Waals surface area contributed by atoms with E-state index in [-0.39, 0.29) is 0 Å². The molecule has 0 aromatic carbocycles. The average Bonchev–Trinajstić information content (AvgIpc) is 2.46. The fraction of sp³-hybridized carbons (Fsp3) is 0.571. The van der Waals surface area contributed by atoms with Gasteiger partial charge in [0.1, 0.15) is 0 Å². The summed E-state index contributed by atoms with van der Waals surface area (Å²) < 4.78 is 6.89. The Morgan fingerprint density at radius 1 is 1.77 bits per heavy atom. The van der Waals surface area contributed by atoms with Gasteiger partial charge in [-0.25, -0.2) is 0 Å². The van der Waals surface area contributed by atoms with Gasteiger partial charge in [0.25, 0.3) is 0 Å². The van der Waals surface area contributed by atoms with Gasteiger partial charge in [0.05, 0.1) is 31.5 Å². The number of rotatable bonds is 3. The molecule has 13 heavy (non-hydrogen) atoms. The third-order valence-corrected chi connectivity index (χ3v) is 1.95. The molecule has 1 aliphatic rings. The second-order valence-electron chi connectivity index (χ2n) is 2.87. The normalized spacial score (nSPS) is 16.3. The van der Waals surface area contributed by atoms with Crippen LogP contribution in [0.5, 0.6) is 0 Å². The first kappa shape index (κ1) is 8.10. The van der Waals surface area contributed by atoms with Gasteiger partial charge in [-0.15, -0.1) is 0 Å². The van der Waals surface area contributed by atoms with Crippen LogP contribution < -0.4 is 0 Å². The summed E-state index contributed by atoms with van der Waals surface area (Å²) >= 11 is 0. The van der Waals surface area contributed by atoms with Crippen LogP contribution in [0.25, 0.3) is 10.4 Å². The summed E-state index contributed by atoms with van der Waals surface area (Å²) in [5.41, 5.74) is 8.90. The number of hydrogen-bond donors (Lipinski definition) is 0. The summed E-state index contributed by atoms with van der Waals surface area (Å²) in [5.74, 6) is 0. The zero-order chi connectivity index (χ0) is 9.10. The van der Waals surface area contributed by atoms with Crippen LogP contribution in [0.3, 0.4) is 0 Å². The number of hydrogen-bond acceptors (Lipinski definition) is 3. The second kappa shape index (κ2) is 3.47. The Bertz CT molecular complexity index is 336. The molecular formula is C7H9N5O. The predicted octanol–water partition coefficient (Wildman–Crippen LogP) is 1.26. The molecule has 0 radical (unpaired) electrons. The molecule has 0 amide bonds. The zero-order valence-electron chi connectivity index (χ0n) is 7.00. The fourth-order valence-corrected chi connectivity index (χ4v) is 1.15. The Morgan fingerprint density at radius 3 is 3.23 bits per heavy atom. The molecule has 6 heteroatoms. The van der Waals surface area contributed by atoms with Crippen molar-refractivity contribution in [1.29, 1.82) is 0 Å². The molecule has 0 atom stereocenters. The Kier molecular flexibility index (Phi) is 2.16. The second-order valence-corrected chi connectivity index (χ2v) is 2.87. The first-order chi connectivity index (χ1) is 6.40. The van der Waals surface area contributed by atoms with Crippen molar-refractivity contribution in [3.05, 3.63) is 28.4 Å². The van der Waals surface area contributed by atoms with Gasteiger partial charge in [0.2, 0.25) is 0 Å². The van der Waals surface area contributed by atoms with Gasteiger partial charge in [-0.1, -0.05) is 5.11 Å². The highest BCUT2D eigenvalue weighted by Crippen LogP contribution is 2.16. The summed E-state index contributed by atoms with van der Waals surface area (Å²) in [5, 5.41) is 7.67. The van der Waals surface area contributed by atoms with Crippen molar-refractivity contribution in [3.63, 3.8) is 0 Å². The molecule has 0 spiro atoms. The van der Waals surface area contributed by atoms with E-state index < -0.39 is 0 Å². The first-order valence-electron chi connectivity index (χ1n) is 4.03. The number of aromatic nitrogens is 2. The van der Waals surface area contributed by atoms with Crippen molar-refractivity contribution in [2.75, 3.05) is 13.2 Å². The van der Waals surface area contributed by atoms with E-state index >= 15 is 0 Å². The van der Waals surface area contributed by atoms with E-state index in [1.807, 2.05) is 16.9 Å². The molecule has 0 aliphatic carbocycles. The Hall–Kier alpha value is -1.52. The monoisotopic (exact) mass is 179 g/mol. The Morgan fingerprint density at radius 2 is 2.62 bits per heavy atom. The smallest absolute Gasteiger partial charge is 0.0985 e. The molecule has 0 saturated carbocycles. The topological polar surface area (TPSA) is 75.8 Å². The van der Waals surface area contributed by atoms with Gasteiger partial charge < -0.3 is 4.74 Å². The van der Waals surface area contributed by atoms with Crippen LogP contribution in [-0.2, 0) is 11.3 Å². The van der Waals surface area contributed by atoms with Gasteiger partial charge in [-0.3, -0.25) is 4.68 Å². The molecular weight excluding hydrogens is 170 g/mol. The van der Waals surface area contributed by atoms with Crippen LogP contribution in [0.2, 0.25) is 0 Å². The highest BCUT2D eigenvalue weighted by atomic mass is 16.5. The summed E-state index contributed by atoms with van der Waals surface area (Å²) in [6, 6.07) is 2.22. The molecule has 1 aromatic heterocycles. The molecule has 1 aliphatic heterocycles. The molecule has 68 valence electrons. The Balaban J connectivity index is 2.03. The van der Waals surface area contributed by atoms with Crippen LogP contribution in [0.15, 0.2) is 17.4 Å². The van der Waals surface area contributed by atoms with Crippen molar-refractivity contribution in [2.24, 2.45) is 5.11 Å². The first-order valence-corrected chi connectivity index (χ1v) is 4.03. The molecule has 2 heterocycles. The van der Waals surface area contributed by atoms with E-state index in [1.165, 1.54) is 0 Å². The van der Waals surface area contributed by atoms with Crippen molar-refractivity contribution < 1.29 is 4.74 Å². The maximum atomic E-state index is 8.10. The molecule has 1 fully saturated rings. The van der Waals surface area contributed by atoms with Crippen LogP contribution in [0.1, 0.15) is 11.7 Å². The predicted molar refractivity (Wildman–Crippen MR) is 44.9 cm³/mol. The van der Waals surface area contributed by atoms with Gasteiger partial charge in [0.15, 0.2) is 0 Å². The van der Waals surface area contributed by atoms with E-state index in [4.69, 9.17) is 10.3 Å². The summed E-state index contributed by atoms with van der Waals surface area (Å²) in [6.07, 6.45) is 1.88. The lowest BCUT2D eigenvalue weighted by Crippen LogP contribution is -2.30. The van der Waals surface area contributed by atoms with Gasteiger partial charge in [0, 0.05) is 11.1 Å². The largest absolute Gasteiger partial charge is 0.377 e. The maximum Gasteiger partial charge on any atom is 0.0985 e. The summed E-state index contributed by atoms with van der Waals surface area (Å²) in [4.78, 5) is 2.67. The highest BCUT2D eigenvalue weighted by Gasteiger charge is 2.20. The highest BCUT2D eigenvalue weighted by molar-refractivity contribution is 5.00. The molecule has 0 bridgehead atoms. The molecule has 6 nitrogen and oxygen atoms in total. The molecule has 1 aromatic rings. The molecule has 1 saturated heterocycles. The standard InChI is InChI=1S/C7H9N5O/c8-11-9-3-6-1-2-12(10-6)7-4-13-5-7/h1-2,7H,3-5H2. The van der Waals surface area contributed by atoms with Gasteiger partial charge >= 0.3 is 0 Å². The van der Waals surface area contributed by atoms with Crippen molar-refractivity contribution in [1.82, 2.24) is 9.78 Å². The van der Waals surface area contributed by atoms with Crippen molar-refractivity contribution in [2.45, 2.75) is 12.6 Å². The van der Waals surface area contributed by atoms with Crippen molar-refractivity contribution >= 4 is 0 Å². The third-order valence-electron chi connectivity index (χ3n) is 1.95. The fourth-order valence-electron chi connectivity index (χ4n) is 1.15. The Labute approximate surface area is 74.7 Å². The average molecular weight is 179 g/mol. The summed E-state index contributed by atoms with van der Waals surface area (Å²) in [6.45, 7) is 1.77. The van der Waals surface area contributed by atoms with Crippen LogP contribution in [-0.4, -0.2) is 23.0 Å². The molecule has 0 unspecified atom stereocenters. The number of nitrogens with zero attached hydrogens (tertiary/aromatic N) is 5. The van der Waals surface area contributed by atoms with Gasteiger partial charge in [-0.05, 0) is 11.6 Å². The van der Waals surface area contributed by atoms with Gasteiger partial charge in [-0.2, -0.15) is 5.10 Å². The molecule has 0 N–H and O–H groups in total. The minimum atomic E-state index is 0.317. The zero-order valence-corrected chi connectivity index (χ0v) is 7.00.